The number of likely N-dealkylation sites (tertiary alicyclic amines) is 1. The summed E-state index contributed by atoms with van der Waals surface area (Å²) in [5, 5.41) is 6.04. The van der Waals surface area contributed by atoms with Crippen LogP contribution in [0, 0.1) is 11.3 Å². The molecule has 2 aromatic carbocycles. The second kappa shape index (κ2) is 15.7. The van der Waals surface area contributed by atoms with Crippen molar-refractivity contribution in [2.24, 2.45) is 11.3 Å². The van der Waals surface area contributed by atoms with E-state index in [0.717, 1.165) is 17.5 Å². The highest BCUT2D eigenvalue weighted by Crippen LogP contribution is 2.46. The van der Waals surface area contributed by atoms with Gasteiger partial charge >= 0.3 is 12.3 Å². The number of sulfonamides is 1. The number of carbonyl (C=O) groups excluding carboxylic acids is 4. The number of alkyl halides is 3. The van der Waals surface area contributed by atoms with Crippen LogP contribution in [0.3, 0.4) is 0 Å². The summed E-state index contributed by atoms with van der Waals surface area (Å²) in [6.45, 7) is 11.6. The topological polar surface area (TPSA) is 182 Å². The van der Waals surface area contributed by atoms with E-state index >= 15 is 0 Å². The summed E-state index contributed by atoms with van der Waals surface area (Å²) in [6, 6.07) is 8.60. The number of amides is 4. The highest BCUT2D eigenvalue weighted by atomic mass is 32.2. The Morgan fingerprint density at radius 2 is 1.66 bits per heavy atom. The summed E-state index contributed by atoms with van der Waals surface area (Å²) in [5.74, 6) is -2.14. The van der Waals surface area contributed by atoms with Crippen LogP contribution >= 0.6 is 0 Å². The third-order valence-corrected chi connectivity index (χ3v) is 12.8. The Bertz CT molecular complexity index is 2260. The summed E-state index contributed by atoms with van der Waals surface area (Å²) < 4.78 is 84.6. The van der Waals surface area contributed by atoms with Gasteiger partial charge in [-0.2, -0.15) is 13.2 Å². The predicted octanol–water partition coefficient (Wildman–Crippen LogP) is 5.36. The quantitative estimate of drug-likeness (QED) is 0.190. The minimum atomic E-state index is -4.56. The third kappa shape index (κ3) is 9.26. The number of ether oxygens (including phenoxy) is 3. The Labute approximate surface area is 340 Å². The van der Waals surface area contributed by atoms with Crippen molar-refractivity contribution < 1.29 is 55.0 Å². The molecule has 1 aliphatic heterocycles. The molecule has 2 aliphatic carbocycles. The van der Waals surface area contributed by atoms with E-state index in [1.165, 1.54) is 50.3 Å². The summed E-state index contributed by atoms with van der Waals surface area (Å²) in [4.78, 5) is 61.8. The van der Waals surface area contributed by atoms with Crippen molar-refractivity contribution in [2.45, 2.75) is 101 Å². The number of nitrogens with one attached hydrogen (secondary N) is 3. The molecule has 2 saturated carbocycles. The summed E-state index contributed by atoms with van der Waals surface area (Å²) in [6.07, 6.45) is -2.63. The van der Waals surface area contributed by atoms with Crippen LogP contribution in [0.4, 0.5) is 18.0 Å². The lowest BCUT2D eigenvalue weighted by Crippen LogP contribution is -2.60. The maximum atomic E-state index is 14.7. The molecule has 59 heavy (non-hydrogen) atoms. The molecule has 3 aromatic rings. The van der Waals surface area contributed by atoms with Gasteiger partial charge in [-0.15, -0.1) is 6.58 Å². The Balaban J connectivity index is 1.27. The first kappa shape index (κ1) is 43.2. The normalized spacial score (nSPS) is 22.5. The van der Waals surface area contributed by atoms with Gasteiger partial charge in [-0.25, -0.2) is 18.2 Å². The van der Waals surface area contributed by atoms with E-state index in [1.807, 2.05) is 0 Å². The molecule has 0 radical (unpaired) electrons. The van der Waals surface area contributed by atoms with E-state index in [9.17, 15) is 40.8 Å². The van der Waals surface area contributed by atoms with Gasteiger partial charge in [0.25, 0.3) is 5.91 Å². The van der Waals surface area contributed by atoms with E-state index in [0.29, 0.717) is 24.0 Å². The Hall–Kier alpha value is -5.39. The molecule has 3 aliphatic rings. The van der Waals surface area contributed by atoms with Crippen LogP contribution in [0.1, 0.15) is 71.4 Å². The first-order valence-electron chi connectivity index (χ1n) is 19.1. The zero-order valence-electron chi connectivity index (χ0n) is 33.5. The lowest BCUT2D eigenvalue weighted by atomic mass is 9.85. The lowest BCUT2D eigenvalue weighted by Gasteiger charge is -2.36. The van der Waals surface area contributed by atoms with Gasteiger partial charge in [-0.3, -0.25) is 19.1 Å². The summed E-state index contributed by atoms with van der Waals surface area (Å²) >= 11 is 0. The van der Waals surface area contributed by atoms with Crippen molar-refractivity contribution >= 4 is 44.6 Å². The van der Waals surface area contributed by atoms with Crippen molar-refractivity contribution in [3.05, 3.63) is 78.5 Å². The van der Waals surface area contributed by atoms with Crippen molar-refractivity contribution in [3.63, 3.8) is 0 Å². The standard InChI is InChI=1S/C41H48F3N5O9S/c1-8-24-21-40(24,36(52)48-59(54,55)29-14-15-29)47-33(50)31-20-28(57-34-30-16-13-27(56-7)19-23(30)17-18-45-34)22-49(31)35(51)32(38(2,3)4)46-37(53)58-39(5,6)25-9-11-26(12-10-25)41(42,43)44/h8-13,16-19,24,28-29,31-32H,1,14-15,20-22H2,2-7H3,(H,46,53)(H,47,50)(H,48,52)/t24-,28-,31+,32-,40-/m1/s1. The minimum Gasteiger partial charge on any atom is -0.497 e. The molecule has 18 heteroatoms. The summed E-state index contributed by atoms with van der Waals surface area (Å²) in [7, 11) is -2.43. The first-order chi connectivity index (χ1) is 27.5. The van der Waals surface area contributed by atoms with Crippen molar-refractivity contribution in [1.29, 1.82) is 0 Å². The number of alkyl carbamates (subject to hydrolysis) is 1. The van der Waals surface area contributed by atoms with Gasteiger partial charge in [0.2, 0.25) is 27.7 Å². The molecule has 318 valence electrons. The number of pyridine rings is 1. The van der Waals surface area contributed by atoms with E-state index in [1.54, 1.807) is 45.0 Å². The number of hydrogen-bond donors (Lipinski definition) is 3. The van der Waals surface area contributed by atoms with Gasteiger partial charge in [0.05, 0.1) is 24.5 Å². The first-order valence-corrected chi connectivity index (χ1v) is 20.6. The van der Waals surface area contributed by atoms with E-state index < -0.39 is 91.5 Å². The van der Waals surface area contributed by atoms with Crippen molar-refractivity contribution in [2.75, 3.05) is 13.7 Å². The van der Waals surface area contributed by atoms with Crippen LogP contribution in [-0.2, 0) is 40.9 Å². The number of fused-ring (bicyclic) bond motifs is 1. The highest BCUT2D eigenvalue weighted by Gasteiger charge is 2.62. The molecule has 6 rings (SSSR count). The zero-order valence-corrected chi connectivity index (χ0v) is 34.3. The molecular formula is C41H48F3N5O9S. The molecule has 4 amide bonds. The number of benzene rings is 2. The number of methoxy groups -OCH3 is 1. The van der Waals surface area contributed by atoms with Crippen molar-refractivity contribution in [3.8, 4) is 11.6 Å². The monoisotopic (exact) mass is 843 g/mol. The smallest absolute Gasteiger partial charge is 0.416 e. The van der Waals surface area contributed by atoms with Gasteiger partial charge in [-0.1, -0.05) is 39.0 Å². The molecular weight excluding hydrogens is 796 g/mol. The molecule has 5 atom stereocenters. The minimum absolute atomic E-state index is 0.0744. The van der Waals surface area contributed by atoms with Crippen LogP contribution < -0.4 is 24.8 Å². The second-order valence-electron chi connectivity index (χ2n) is 16.8. The number of halogens is 3. The average Bonchev–Trinajstić information content (AvgIpc) is 4.09. The van der Waals surface area contributed by atoms with Crippen LogP contribution in [0.5, 0.6) is 11.6 Å². The van der Waals surface area contributed by atoms with E-state index in [4.69, 9.17) is 14.2 Å². The Kier molecular flexibility index (Phi) is 11.5. The zero-order chi connectivity index (χ0) is 43.3. The predicted molar refractivity (Wildman–Crippen MR) is 209 cm³/mol. The molecule has 1 saturated heterocycles. The fourth-order valence-electron chi connectivity index (χ4n) is 7.21. The van der Waals surface area contributed by atoms with Gasteiger partial charge in [-0.05, 0) is 85.9 Å². The third-order valence-electron chi connectivity index (χ3n) is 10.9. The lowest BCUT2D eigenvalue weighted by molar-refractivity contribution is -0.143. The van der Waals surface area contributed by atoms with Crippen LogP contribution in [0.15, 0.2) is 67.4 Å². The van der Waals surface area contributed by atoms with Crippen LogP contribution in [0.25, 0.3) is 10.8 Å². The molecule has 0 unspecified atom stereocenters. The second-order valence-corrected chi connectivity index (χ2v) is 18.7. The largest absolute Gasteiger partial charge is 0.497 e. The average molecular weight is 844 g/mol. The molecule has 3 fully saturated rings. The molecule has 14 nitrogen and oxygen atoms in total. The fourth-order valence-corrected chi connectivity index (χ4v) is 8.58. The van der Waals surface area contributed by atoms with E-state index in [-0.39, 0.29) is 30.8 Å². The number of rotatable bonds is 13. The van der Waals surface area contributed by atoms with E-state index in [2.05, 4.69) is 26.9 Å². The van der Waals surface area contributed by atoms with Gasteiger partial charge in [0.15, 0.2) is 0 Å². The number of carbonyl (C=O) groups is 4. The van der Waals surface area contributed by atoms with Gasteiger partial charge in [0.1, 0.15) is 35.1 Å². The maximum Gasteiger partial charge on any atom is 0.416 e. The SMILES string of the molecule is C=C[C@@H]1C[C@]1(NC(=O)[C@@H]1C[C@@H](Oc2nccc3cc(OC)ccc23)CN1C(=O)[C@@H](NC(=O)OC(C)(C)c1ccc(C(F)(F)F)cc1)C(C)(C)C)C(=O)NS(=O)(=O)C1CC1. The number of hydrogen-bond acceptors (Lipinski definition) is 10. The fraction of sp³-hybridized carbons (Fsp3) is 0.488. The molecule has 3 N–H and O–H groups in total. The van der Waals surface area contributed by atoms with Gasteiger partial charge in [0, 0.05) is 23.9 Å². The Morgan fingerprint density at radius 1 is 1.00 bits per heavy atom. The molecule has 2 heterocycles. The molecule has 0 spiro atoms. The molecule has 1 aromatic heterocycles. The van der Waals surface area contributed by atoms with Crippen molar-refractivity contribution in [1.82, 2.24) is 25.2 Å². The number of aromatic nitrogens is 1. The van der Waals surface area contributed by atoms with Gasteiger partial charge < -0.3 is 29.7 Å². The highest BCUT2D eigenvalue weighted by molar-refractivity contribution is 7.91. The summed E-state index contributed by atoms with van der Waals surface area (Å²) in [5.41, 5.74) is -4.68. The van der Waals surface area contributed by atoms with Crippen LogP contribution in [0.2, 0.25) is 0 Å². The molecule has 0 bridgehead atoms. The Morgan fingerprint density at radius 3 is 2.24 bits per heavy atom. The van der Waals surface area contributed by atoms with Crippen LogP contribution in [-0.4, -0.2) is 84.7 Å². The maximum absolute atomic E-state index is 14.7. The number of nitrogens with zero attached hydrogens (tertiary/aromatic N) is 2.